The molecule has 0 unspecified atom stereocenters. The minimum Gasteiger partial charge on any atom is -0.361 e. The van der Waals surface area contributed by atoms with Crippen molar-refractivity contribution in [2.45, 2.75) is 13.0 Å². The lowest BCUT2D eigenvalue weighted by Gasteiger charge is -2.25. The minimum absolute atomic E-state index is 0.226. The van der Waals surface area contributed by atoms with Crippen LogP contribution in [-0.2, 0) is 28.0 Å². The van der Waals surface area contributed by atoms with E-state index in [9.17, 15) is 13.2 Å². The molecule has 8 nitrogen and oxygen atoms in total. The summed E-state index contributed by atoms with van der Waals surface area (Å²) in [5.41, 5.74) is 5.21. The van der Waals surface area contributed by atoms with Crippen molar-refractivity contribution in [1.82, 2.24) is 19.1 Å². The number of fused-ring (bicyclic) bond motifs is 1. The largest absolute Gasteiger partial charge is 0.361 e. The third-order valence-corrected chi connectivity index (χ3v) is 6.86. The van der Waals surface area contributed by atoms with Crippen molar-refractivity contribution in [3.63, 3.8) is 0 Å². The van der Waals surface area contributed by atoms with Crippen LogP contribution >= 0.6 is 0 Å². The van der Waals surface area contributed by atoms with Gasteiger partial charge in [0.05, 0.1) is 0 Å². The molecule has 0 fully saturated rings. The number of amides is 1. The molecule has 1 aromatic heterocycles. The zero-order chi connectivity index (χ0) is 22.4. The first kappa shape index (κ1) is 22.7. The zero-order valence-electron chi connectivity index (χ0n) is 17.4. The van der Waals surface area contributed by atoms with Gasteiger partial charge in [0.15, 0.2) is 0 Å². The number of benzene rings is 2. The number of carbonyl (C=O) groups is 1. The predicted octanol–water partition coefficient (Wildman–Crippen LogP) is 2.54. The van der Waals surface area contributed by atoms with E-state index in [4.69, 9.17) is 5.21 Å². The maximum Gasteiger partial charge on any atom is 0.281 e. The van der Waals surface area contributed by atoms with E-state index in [1.54, 1.807) is 18.2 Å². The van der Waals surface area contributed by atoms with Crippen molar-refractivity contribution in [3.05, 3.63) is 77.5 Å². The number of nitrogens with one attached hydrogen (secondary N) is 2. The van der Waals surface area contributed by atoms with E-state index in [0.717, 1.165) is 27.6 Å². The number of carbonyl (C=O) groups excluding carboxylic acids is 1. The van der Waals surface area contributed by atoms with E-state index in [2.05, 4.69) is 4.98 Å². The Balaban J connectivity index is 1.76. The number of hydrogen-bond donors (Lipinski definition) is 3. The van der Waals surface area contributed by atoms with Gasteiger partial charge in [-0.25, -0.2) is 5.48 Å². The zero-order valence-corrected chi connectivity index (χ0v) is 18.3. The lowest BCUT2D eigenvalue weighted by atomic mass is 10.1. The maximum absolute atomic E-state index is 12.9. The standard InChI is InChI=1S/C22H26N4O4S/c1-25(2)31(29,30)26(14-13-19-15-23-21-6-4-3-5-20(19)21)16-18-9-7-17(8-10-18)11-12-22(27)24-28/h3-12,15,23,28H,13-14,16H2,1-2H3,(H,24,27)/b12-11+. The Morgan fingerprint density at radius 1 is 1.13 bits per heavy atom. The molecule has 3 rings (SSSR count). The van der Waals surface area contributed by atoms with E-state index < -0.39 is 16.1 Å². The summed E-state index contributed by atoms with van der Waals surface area (Å²) >= 11 is 0. The summed E-state index contributed by atoms with van der Waals surface area (Å²) in [6, 6.07) is 15.2. The Morgan fingerprint density at radius 3 is 2.52 bits per heavy atom. The summed E-state index contributed by atoms with van der Waals surface area (Å²) in [6.07, 6.45) is 5.27. The molecule has 0 spiro atoms. The first-order chi connectivity index (χ1) is 14.8. The molecule has 0 aliphatic heterocycles. The first-order valence-corrected chi connectivity index (χ1v) is 11.1. The molecular weight excluding hydrogens is 416 g/mol. The highest BCUT2D eigenvalue weighted by Crippen LogP contribution is 2.20. The summed E-state index contributed by atoms with van der Waals surface area (Å²) < 4.78 is 28.5. The molecule has 3 N–H and O–H groups in total. The number of aromatic nitrogens is 1. The van der Waals surface area contributed by atoms with Crippen LogP contribution in [0.3, 0.4) is 0 Å². The molecule has 1 amide bonds. The van der Waals surface area contributed by atoms with Gasteiger partial charge in [-0.15, -0.1) is 0 Å². The SMILES string of the molecule is CN(C)S(=O)(=O)N(CCc1c[nH]c2ccccc12)Cc1ccc(/C=C/C(=O)NO)cc1. The molecule has 0 bridgehead atoms. The lowest BCUT2D eigenvalue weighted by Crippen LogP contribution is -2.40. The van der Waals surface area contributed by atoms with E-state index >= 15 is 0 Å². The normalized spacial score (nSPS) is 12.3. The van der Waals surface area contributed by atoms with Gasteiger partial charge in [-0.05, 0) is 35.3 Å². The molecule has 0 radical (unpaired) electrons. The number of nitrogens with zero attached hydrogens (tertiary/aromatic N) is 2. The van der Waals surface area contributed by atoms with Gasteiger partial charge < -0.3 is 4.98 Å². The molecule has 0 saturated heterocycles. The second kappa shape index (κ2) is 9.88. The van der Waals surface area contributed by atoms with Crippen LogP contribution in [0.4, 0.5) is 0 Å². The number of H-pyrrole nitrogens is 1. The van der Waals surface area contributed by atoms with E-state index in [-0.39, 0.29) is 6.54 Å². The van der Waals surface area contributed by atoms with Crippen LogP contribution < -0.4 is 5.48 Å². The van der Waals surface area contributed by atoms with Crippen LogP contribution in [0, 0.1) is 0 Å². The third-order valence-electron chi connectivity index (χ3n) is 4.97. The molecule has 0 aliphatic carbocycles. The van der Waals surface area contributed by atoms with Crippen molar-refractivity contribution in [3.8, 4) is 0 Å². The van der Waals surface area contributed by atoms with Gasteiger partial charge >= 0.3 is 0 Å². The molecule has 164 valence electrons. The van der Waals surface area contributed by atoms with E-state index in [1.165, 1.54) is 34.3 Å². The van der Waals surface area contributed by atoms with Crippen LogP contribution in [0.2, 0.25) is 0 Å². The predicted molar refractivity (Wildman–Crippen MR) is 120 cm³/mol. The molecule has 31 heavy (non-hydrogen) atoms. The van der Waals surface area contributed by atoms with E-state index in [1.807, 2.05) is 42.6 Å². The molecule has 0 atom stereocenters. The Hall–Kier alpha value is -2.98. The van der Waals surface area contributed by atoms with Crippen molar-refractivity contribution in [2.75, 3.05) is 20.6 Å². The minimum atomic E-state index is -3.62. The Morgan fingerprint density at radius 2 is 1.84 bits per heavy atom. The molecule has 2 aromatic carbocycles. The highest BCUT2D eigenvalue weighted by Gasteiger charge is 2.24. The van der Waals surface area contributed by atoms with Crippen LogP contribution in [0.25, 0.3) is 17.0 Å². The highest BCUT2D eigenvalue weighted by atomic mass is 32.2. The summed E-state index contributed by atoms with van der Waals surface area (Å²) in [5.74, 6) is -0.621. The van der Waals surface area contributed by atoms with Gasteiger partial charge in [-0.1, -0.05) is 42.5 Å². The van der Waals surface area contributed by atoms with Crippen molar-refractivity contribution >= 4 is 33.1 Å². The number of rotatable bonds is 9. The van der Waals surface area contributed by atoms with Gasteiger partial charge in [0.1, 0.15) is 0 Å². The first-order valence-electron chi connectivity index (χ1n) is 9.75. The third kappa shape index (κ3) is 5.59. The number of hydrogen-bond acceptors (Lipinski definition) is 4. The Labute approximate surface area is 181 Å². The van der Waals surface area contributed by atoms with Crippen molar-refractivity contribution in [2.24, 2.45) is 0 Å². The molecule has 0 saturated carbocycles. The topological polar surface area (TPSA) is 106 Å². The fourth-order valence-corrected chi connectivity index (χ4v) is 4.33. The van der Waals surface area contributed by atoms with Gasteiger partial charge in [0.2, 0.25) is 0 Å². The Kier molecular flexibility index (Phi) is 7.24. The van der Waals surface area contributed by atoms with Gasteiger partial charge in [-0.2, -0.15) is 17.0 Å². The Bertz CT molecular complexity index is 1170. The van der Waals surface area contributed by atoms with Crippen LogP contribution in [0.1, 0.15) is 16.7 Å². The quantitative estimate of drug-likeness (QED) is 0.269. The van der Waals surface area contributed by atoms with Gasteiger partial charge in [0, 0.05) is 50.4 Å². The van der Waals surface area contributed by atoms with Gasteiger partial charge in [-0.3, -0.25) is 10.0 Å². The van der Waals surface area contributed by atoms with Gasteiger partial charge in [0.25, 0.3) is 16.1 Å². The maximum atomic E-state index is 12.9. The highest BCUT2D eigenvalue weighted by molar-refractivity contribution is 7.86. The molecule has 3 aromatic rings. The second-order valence-corrected chi connectivity index (χ2v) is 9.43. The summed E-state index contributed by atoms with van der Waals surface area (Å²) in [5, 5.41) is 9.63. The lowest BCUT2D eigenvalue weighted by molar-refractivity contribution is -0.124. The number of hydroxylamine groups is 1. The average Bonchev–Trinajstić information content (AvgIpc) is 3.18. The van der Waals surface area contributed by atoms with E-state index in [0.29, 0.717) is 13.0 Å². The summed E-state index contributed by atoms with van der Waals surface area (Å²) in [6.45, 7) is 0.560. The molecular formula is C22H26N4O4S. The fraction of sp³-hybridized carbons (Fsp3) is 0.227. The number of aromatic amines is 1. The summed E-state index contributed by atoms with van der Waals surface area (Å²) in [7, 11) is -0.573. The van der Waals surface area contributed by atoms with Crippen LogP contribution in [-0.4, -0.2) is 53.8 Å². The number of para-hydroxylation sites is 1. The average molecular weight is 443 g/mol. The molecule has 0 aliphatic rings. The molecule has 9 heteroatoms. The van der Waals surface area contributed by atoms with Crippen molar-refractivity contribution < 1.29 is 18.4 Å². The molecule has 1 heterocycles. The van der Waals surface area contributed by atoms with Crippen molar-refractivity contribution in [1.29, 1.82) is 0 Å². The van der Waals surface area contributed by atoms with Crippen LogP contribution in [0.15, 0.2) is 60.8 Å². The van der Waals surface area contributed by atoms with Crippen LogP contribution in [0.5, 0.6) is 0 Å². The summed E-state index contributed by atoms with van der Waals surface area (Å²) in [4.78, 5) is 14.3. The smallest absolute Gasteiger partial charge is 0.281 e. The fourth-order valence-electron chi connectivity index (χ4n) is 3.24. The second-order valence-electron chi connectivity index (χ2n) is 7.28. The monoisotopic (exact) mass is 442 g/mol.